The predicted octanol–water partition coefficient (Wildman–Crippen LogP) is 1.07. The van der Waals surface area contributed by atoms with Gasteiger partial charge in [0.1, 0.15) is 11.7 Å². The van der Waals surface area contributed by atoms with Crippen molar-refractivity contribution in [3.8, 4) is 0 Å². The van der Waals surface area contributed by atoms with E-state index in [-0.39, 0.29) is 28.9 Å². The van der Waals surface area contributed by atoms with Crippen LogP contribution in [0.5, 0.6) is 0 Å². The second-order valence-corrected chi connectivity index (χ2v) is 4.51. The minimum absolute atomic E-state index is 0.0337. The van der Waals surface area contributed by atoms with Gasteiger partial charge in [0.2, 0.25) is 0 Å². The Morgan fingerprint density at radius 1 is 1.58 bits per heavy atom. The molecule has 1 aromatic rings. The van der Waals surface area contributed by atoms with Crippen molar-refractivity contribution in [2.45, 2.75) is 26.3 Å². The number of pyridine rings is 1. The first-order valence-corrected chi connectivity index (χ1v) is 6.12. The highest BCUT2D eigenvalue weighted by molar-refractivity contribution is 6.14. The summed E-state index contributed by atoms with van der Waals surface area (Å²) < 4.78 is 0. The smallest absolute Gasteiger partial charge is 0.338 e. The maximum absolute atomic E-state index is 11.8. The molecule has 0 aliphatic carbocycles. The lowest BCUT2D eigenvalue weighted by Crippen LogP contribution is -2.38. The van der Waals surface area contributed by atoms with E-state index in [0.717, 1.165) is 6.42 Å². The Kier molecular flexibility index (Phi) is 3.59. The lowest BCUT2D eigenvalue weighted by molar-refractivity contribution is -0.119. The largest absolute Gasteiger partial charge is 0.478 e. The van der Waals surface area contributed by atoms with Gasteiger partial charge < -0.3 is 10.4 Å². The number of amidine groups is 1. The number of rotatable bonds is 4. The molecule has 19 heavy (non-hydrogen) atoms. The first-order chi connectivity index (χ1) is 9.04. The number of aliphatic imine (C=N–C) groups is 1. The number of carbonyl (C=O) groups is 2. The average molecular weight is 261 g/mol. The summed E-state index contributed by atoms with van der Waals surface area (Å²) in [6.45, 7) is 3.94. The van der Waals surface area contributed by atoms with Crippen molar-refractivity contribution in [3.05, 3.63) is 29.6 Å². The Hall–Kier alpha value is -2.24. The van der Waals surface area contributed by atoms with Crippen LogP contribution < -0.4 is 5.32 Å². The summed E-state index contributed by atoms with van der Waals surface area (Å²) in [5, 5.41) is 12.1. The third-order valence-corrected chi connectivity index (χ3v) is 3.26. The minimum atomic E-state index is -1.09. The van der Waals surface area contributed by atoms with Crippen LogP contribution in [-0.4, -0.2) is 33.8 Å². The summed E-state index contributed by atoms with van der Waals surface area (Å²) in [6, 6.07) is 2.58. The third-order valence-electron chi connectivity index (χ3n) is 3.26. The van der Waals surface area contributed by atoms with Gasteiger partial charge in [0, 0.05) is 6.20 Å². The van der Waals surface area contributed by atoms with Gasteiger partial charge in [0.15, 0.2) is 5.84 Å². The zero-order valence-electron chi connectivity index (χ0n) is 10.8. The van der Waals surface area contributed by atoms with Crippen LogP contribution in [0.1, 0.15) is 36.3 Å². The van der Waals surface area contributed by atoms with Crippen molar-refractivity contribution >= 4 is 17.7 Å². The summed E-state index contributed by atoms with van der Waals surface area (Å²) in [4.78, 5) is 30.8. The standard InChI is InChI=1S/C13H15N3O3/c1-3-7(2)9-12(17)16-11(15-9)10-8(13(18)19)5-4-6-14-10/h4-7,9H,3H2,1-2H3,(H,18,19)(H,15,16,17). The van der Waals surface area contributed by atoms with Gasteiger partial charge in [-0.25, -0.2) is 4.79 Å². The van der Waals surface area contributed by atoms with E-state index in [9.17, 15) is 9.59 Å². The molecule has 2 rings (SSSR count). The molecule has 100 valence electrons. The van der Waals surface area contributed by atoms with E-state index in [0.29, 0.717) is 0 Å². The molecule has 2 atom stereocenters. The van der Waals surface area contributed by atoms with Gasteiger partial charge in [0.25, 0.3) is 5.91 Å². The summed E-state index contributed by atoms with van der Waals surface area (Å²) >= 11 is 0. The average Bonchev–Trinajstić information content (AvgIpc) is 2.79. The fraction of sp³-hybridized carbons (Fsp3) is 0.385. The number of carboxylic acid groups (broad SMARTS) is 1. The predicted molar refractivity (Wildman–Crippen MR) is 69.1 cm³/mol. The molecule has 2 N–H and O–H groups in total. The van der Waals surface area contributed by atoms with E-state index in [1.54, 1.807) is 0 Å². The van der Waals surface area contributed by atoms with Crippen LogP contribution >= 0.6 is 0 Å². The Labute approximate surface area is 110 Å². The third kappa shape index (κ3) is 2.47. The summed E-state index contributed by atoms with van der Waals surface area (Å²) in [5.74, 6) is -0.988. The highest BCUT2D eigenvalue weighted by atomic mass is 16.4. The Morgan fingerprint density at radius 3 is 2.95 bits per heavy atom. The number of nitrogens with one attached hydrogen (secondary N) is 1. The second kappa shape index (κ2) is 5.17. The molecule has 1 aliphatic heterocycles. The van der Waals surface area contributed by atoms with Crippen LogP contribution in [0.2, 0.25) is 0 Å². The van der Waals surface area contributed by atoms with Crippen molar-refractivity contribution in [2.24, 2.45) is 10.9 Å². The molecule has 1 aromatic heterocycles. The Morgan fingerprint density at radius 2 is 2.32 bits per heavy atom. The number of nitrogens with zero attached hydrogens (tertiary/aromatic N) is 2. The second-order valence-electron chi connectivity index (χ2n) is 4.51. The molecule has 0 bridgehead atoms. The molecule has 0 aromatic carbocycles. The van der Waals surface area contributed by atoms with E-state index < -0.39 is 12.0 Å². The molecule has 0 saturated heterocycles. The fourth-order valence-electron chi connectivity index (χ4n) is 1.93. The molecule has 0 saturated carbocycles. The molecule has 1 aliphatic rings. The molecule has 0 spiro atoms. The van der Waals surface area contributed by atoms with E-state index >= 15 is 0 Å². The topological polar surface area (TPSA) is 91.7 Å². The number of hydrogen-bond donors (Lipinski definition) is 2. The van der Waals surface area contributed by atoms with Gasteiger partial charge >= 0.3 is 5.97 Å². The minimum Gasteiger partial charge on any atom is -0.478 e. The first kappa shape index (κ1) is 13.2. The number of aromatic nitrogens is 1. The van der Waals surface area contributed by atoms with Crippen LogP contribution in [0.3, 0.4) is 0 Å². The van der Waals surface area contributed by atoms with E-state index in [4.69, 9.17) is 5.11 Å². The molecule has 2 heterocycles. The van der Waals surface area contributed by atoms with E-state index in [1.165, 1.54) is 18.3 Å². The maximum Gasteiger partial charge on any atom is 0.338 e. The van der Waals surface area contributed by atoms with Gasteiger partial charge in [-0.05, 0) is 18.1 Å². The molecule has 1 amide bonds. The van der Waals surface area contributed by atoms with Gasteiger partial charge in [-0.15, -0.1) is 0 Å². The van der Waals surface area contributed by atoms with E-state index in [1.807, 2.05) is 13.8 Å². The number of amides is 1. The monoisotopic (exact) mass is 261 g/mol. The molecule has 0 radical (unpaired) electrons. The lowest BCUT2D eigenvalue weighted by atomic mass is 9.99. The van der Waals surface area contributed by atoms with Crippen LogP contribution in [-0.2, 0) is 4.79 Å². The molecular weight excluding hydrogens is 246 g/mol. The fourth-order valence-corrected chi connectivity index (χ4v) is 1.93. The highest BCUT2D eigenvalue weighted by Gasteiger charge is 2.32. The zero-order valence-corrected chi connectivity index (χ0v) is 10.8. The first-order valence-electron chi connectivity index (χ1n) is 6.12. The summed E-state index contributed by atoms with van der Waals surface area (Å²) in [6.07, 6.45) is 2.31. The van der Waals surface area contributed by atoms with Gasteiger partial charge in [-0.2, -0.15) is 4.99 Å². The number of carbonyl (C=O) groups excluding carboxylic acids is 1. The van der Waals surface area contributed by atoms with Gasteiger partial charge in [-0.1, -0.05) is 20.3 Å². The maximum atomic E-state index is 11.8. The molecule has 6 nitrogen and oxygen atoms in total. The van der Waals surface area contributed by atoms with Crippen molar-refractivity contribution < 1.29 is 14.7 Å². The van der Waals surface area contributed by atoms with Crippen LogP contribution in [0.15, 0.2) is 23.3 Å². The molecule has 6 heteroatoms. The molecule has 2 unspecified atom stereocenters. The molecular formula is C13H15N3O3. The van der Waals surface area contributed by atoms with Gasteiger partial charge in [0.05, 0.1) is 5.56 Å². The van der Waals surface area contributed by atoms with Crippen molar-refractivity contribution in [3.63, 3.8) is 0 Å². The van der Waals surface area contributed by atoms with E-state index in [2.05, 4.69) is 15.3 Å². The summed E-state index contributed by atoms with van der Waals surface area (Å²) in [7, 11) is 0. The Bertz CT molecular complexity index is 554. The number of aromatic carboxylic acids is 1. The van der Waals surface area contributed by atoms with Crippen LogP contribution in [0.25, 0.3) is 0 Å². The summed E-state index contributed by atoms with van der Waals surface area (Å²) in [5.41, 5.74) is 0.237. The van der Waals surface area contributed by atoms with Crippen LogP contribution in [0, 0.1) is 5.92 Å². The Balaban J connectivity index is 2.33. The van der Waals surface area contributed by atoms with Crippen LogP contribution in [0.4, 0.5) is 0 Å². The van der Waals surface area contributed by atoms with Crippen molar-refractivity contribution in [2.75, 3.05) is 0 Å². The molecule has 0 fully saturated rings. The zero-order chi connectivity index (χ0) is 14.0. The lowest BCUT2D eigenvalue weighted by Gasteiger charge is -2.16. The number of carboxylic acids is 1. The van der Waals surface area contributed by atoms with Gasteiger partial charge in [-0.3, -0.25) is 9.78 Å². The van der Waals surface area contributed by atoms with Crippen molar-refractivity contribution in [1.82, 2.24) is 10.3 Å². The van der Waals surface area contributed by atoms with Crippen molar-refractivity contribution in [1.29, 1.82) is 0 Å². The quantitative estimate of drug-likeness (QED) is 0.845. The normalized spacial score (nSPS) is 19.8. The highest BCUT2D eigenvalue weighted by Crippen LogP contribution is 2.17. The SMILES string of the molecule is CCC(C)C1NC(c2ncccc2C(=O)O)=NC1=O. The number of hydrogen-bond acceptors (Lipinski definition) is 4.